The predicted molar refractivity (Wildman–Crippen MR) is 82.2 cm³/mol. The molecular formula is C18H33O2-. The smallest absolute Gasteiger partial charge is 0.0414 e. The molecule has 2 nitrogen and oxygen atoms in total. The molecule has 0 N–H and O–H groups in total. The maximum atomic E-state index is 10.4. The molecule has 0 aromatic heterocycles. The van der Waals surface area contributed by atoms with Crippen LogP contribution < -0.4 is 5.11 Å². The first-order valence-corrected chi connectivity index (χ1v) is 8.81. The van der Waals surface area contributed by atoms with Crippen molar-refractivity contribution in [3.8, 4) is 0 Å². The second-order valence-electron chi connectivity index (χ2n) is 6.98. The van der Waals surface area contributed by atoms with Gasteiger partial charge in [0.1, 0.15) is 0 Å². The molecule has 0 radical (unpaired) electrons. The van der Waals surface area contributed by atoms with Gasteiger partial charge in [0.25, 0.3) is 0 Å². The van der Waals surface area contributed by atoms with Gasteiger partial charge in [0, 0.05) is 5.97 Å². The SMILES string of the molecule is CCCCC1CCC(CCC[C@H](C)CCC(=O)[O-])CC1. The van der Waals surface area contributed by atoms with Crippen molar-refractivity contribution >= 4 is 5.97 Å². The van der Waals surface area contributed by atoms with Gasteiger partial charge in [-0.3, -0.25) is 0 Å². The molecule has 1 atom stereocenters. The van der Waals surface area contributed by atoms with Crippen molar-refractivity contribution in [2.24, 2.45) is 17.8 Å². The van der Waals surface area contributed by atoms with E-state index in [1.165, 1.54) is 64.2 Å². The van der Waals surface area contributed by atoms with Gasteiger partial charge in [-0.2, -0.15) is 0 Å². The van der Waals surface area contributed by atoms with Crippen molar-refractivity contribution < 1.29 is 9.90 Å². The van der Waals surface area contributed by atoms with Gasteiger partial charge >= 0.3 is 0 Å². The largest absolute Gasteiger partial charge is 0.550 e. The molecule has 0 aliphatic heterocycles. The van der Waals surface area contributed by atoms with Crippen LogP contribution in [0.2, 0.25) is 0 Å². The lowest BCUT2D eigenvalue weighted by Crippen LogP contribution is -2.22. The molecule has 118 valence electrons. The van der Waals surface area contributed by atoms with E-state index in [4.69, 9.17) is 0 Å². The maximum Gasteiger partial charge on any atom is 0.0414 e. The first-order valence-electron chi connectivity index (χ1n) is 8.81. The third-order valence-electron chi connectivity index (χ3n) is 5.08. The van der Waals surface area contributed by atoms with Crippen molar-refractivity contribution in [1.82, 2.24) is 0 Å². The number of carboxylic acid groups (broad SMARTS) is 1. The van der Waals surface area contributed by atoms with Crippen LogP contribution in [0, 0.1) is 17.8 Å². The van der Waals surface area contributed by atoms with Gasteiger partial charge in [-0.15, -0.1) is 0 Å². The zero-order chi connectivity index (χ0) is 14.8. The van der Waals surface area contributed by atoms with E-state index in [-0.39, 0.29) is 6.42 Å². The van der Waals surface area contributed by atoms with Gasteiger partial charge in [0.2, 0.25) is 0 Å². The molecule has 1 saturated carbocycles. The highest BCUT2D eigenvalue weighted by Gasteiger charge is 2.20. The van der Waals surface area contributed by atoms with Crippen LogP contribution in [-0.2, 0) is 4.79 Å². The van der Waals surface area contributed by atoms with Crippen LogP contribution in [0.25, 0.3) is 0 Å². The summed E-state index contributed by atoms with van der Waals surface area (Å²) in [6.45, 7) is 4.46. The summed E-state index contributed by atoms with van der Waals surface area (Å²) in [6.07, 6.45) is 14.8. The minimum Gasteiger partial charge on any atom is -0.550 e. The van der Waals surface area contributed by atoms with Gasteiger partial charge in [-0.05, 0) is 30.6 Å². The molecule has 0 unspecified atom stereocenters. The summed E-state index contributed by atoms with van der Waals surface area (Å²) in [7, 11) is 0. The number of hydrogen-bond acceptors (Lipinski definition) is 2. The molecular weight excluding hydrogens is 248 g/mol. The fourth-order valence-electron chi connectivity index (χ4n) is 3.57. The molecule has 1 fully saturated rings. The zero-order valence-corrected chi connectivity index (χ0v) is 13.5. The van der Waals surface area contributed by atoms with Crippen LogP contribution in [0.5, 0.6) is 0 Å². The Bertz CT molecular complexity index is 254. The maximum absolute atomic E-state index is 10.4. The average molecular weight is 281 g/mol. The summed E-state index contributed by atoms with van der Waals surface area (Å²) >= 11 is 0. The second kappa shape index (κ2) is 10.2. The number of unbranched alkanes of at least 4 members (excludes halogenated alkanes) is 1. The molecule has 1 rings (SSSR count). The Morgan fingerprint density at radius 2 is 1.60 bits per heavy atom. The molecule has 1 aliphatic rings. The van der Waals surface area contributed by atoms with Crippen molar-refractivity contribution in [1.29, 1.82) is 0 Å². The van der Waals surface area contributed by atoms with Crippen molar-refractivity contribution in [2.75, 3.05) is 0 Å². The lowest BCUT2D eigenvalue weighted by molar-refractivity contribution is -0.306. The summed E-state index contributed by atoms with van der Waals surface area (Å²) in [6, 6.07) is 0. The molecule has 1 aliphatic carbocycles. The number of carbonyl (C=O) groups excluding carboxylic acids is 1. The highest BCUT2D eigenvalue weighted by Crippen LogP contribution is 2.34. The number of hydrogen-bond donors (Lipinski definition) is 0. The Morgan fingerprint density at radius 1 is 1.05 bits per heavy atom. The summed E-state index contributed by atoms with van der Waals surface area (Å²) in [5, 5.41) is 10.4. The van der Waals surface area contributed by atoms with Gasteiger partial charge in [-0.1, -0.05) is 78.1 Å². The fourth-order valence-corrected chi connectivity index (χ4v) is 3.57. The van der Waals surface area contributed by atoms with Gasteiger partial charge in [0.15, 0.2) is 0 Å². The van der Waals surface area contributed by atoms with E-state index >= 15 is 0 Å². The van der Waals surface area contributed by atoms with E-state index in [1.54, 1.807) is 0 Å². The summed E-state index contributed by atoms with van der Waals surface area (Å²) in [5.74, 6) is 1.59. The Labute approximate surface area is 125 Å². The normalized spacial score (nSPS) is 24.5. The molecule has 0 aromatic rings. The monoisotopic (exact) mass is 281 g/mol. The topological polar surface area (TPSA) is 40.1 Å². The van der Waals surface area contributed by atoms with Gasteiger partial charge < -0.3 is 9.90 Å². The quantitative estimate of drug-likeness (QED) is 0.598. The van der Waals surface area contributed by atoms with E-state index in [2.05, 4.69) is 13.8 Å². The van der Waals surface area contributed by atoms with E-state index in [0.29, 0.717) is 5.92 Å². The number of rotatable bonds is 10. The van der Waals surface area contributed by atoms with Crippen molar-refractivity contribution in [3.63, 3.8) is 0 Å². The number of carboxylic acids is 1. The standard InChI is InChI=1S/C18H34O2/c1-3-4-7-16-10-12-17(13-11-16)8-5-6-15(2)9-14-18(19)20/h15-17H,3-14H2,1-2H3,(H,19,20)/p-1/t15-,16?,17?/m0/s1. The molecule has 0 amide bonds. The third-order valence-corrected chi connectivity index (χ3v) is 5.08. The molecule has 2 heteroatoms. The van der Waals surface area contributed by atoms with Crippen LogP contribution in [0.1, 0.15) is 90.9 Å². The summed E-state index contributed by atoms with van der Waals surface area (Å²) in [5.41, 5.74) is 0. The van der Waals surface area contributed by atoms with Crippen LogP contribution in [0.15, 0.2) is 0 Å². The summed E-state index contributed by atoms with van der Waals surface area (Å²) < 4.78 is 0. The van der Waals surface area contributed by atoms with Crippen LogP contribution >= 0.6 is 0 Å². The highest BCUT2D eigenvalue weighted by atomic mass is 16.4. The molecule has 0 bridgehead atoms. The number of carbonyl (C=O) groups is 1. The minimum atomic E-state index is -0.901. The minimum absolute atomic E-state index is 0.226. The second-order valence-corrected chi connectivity index (χ2v) is 6.98. The lowest BCUT2D eigenvalue weighted by atomic mass is 9.77. The zero-order valence-electron chi connectivity index (χ0n) is 13.5. The Hall–Kier alpha value is -0.530. The molecule has 0 spiro atoms. The van der Waals surface area contributed by atoms with Gasteiger partial charge in [-0.25, -0.2) is 0 Å². The fraction of sp³-hybridized carbons (Fsp3) is 0.944. The average Bonchev–Trinajstić information content (AvgIpc) is 2.44. The molecule has 0 aromatic carbocycles. The Kier molecular flexibility index (Phi) is 8.97. The lowest BCUT2D eigenvalue weighted by Gasteiger charge is -2.28. The molecule has 20 heavy (non-hydrogen) atoms. The van der Waals surface area contributed by atoms with E-state index in [1.807, 2.05) is 0 Å². The molecule has 0 heterocycles. The molecule has 0 saturated heterocycles. The van der Waals surface area contributed by atoms with E-state index in [9.17, 15) is 9.90 Å². The van der Waals surface area contributed by atoms with Crippen LogP contribution in [-0.4, -0.2) is 5.97 Å². The van der Waals surface area contributed by atoms with Crippen LogP contribution in [0.3, 0.4) is 0 Å². The first kappa shape index (κ1) is 17.5. The van der Waals surface area contributed by atoms with E-state index < -0.39 is 5.97 Å². The van der Waals surface area contributed by atoms with Crippen molar-refractivity contribution in [2.45, 2.75) is 90.9 Å². The van der Waals surface area contributed by atoms with E-state index in [0.717, 1.165) is 18.3 Å². The highest BCUT2D eigenvalue weighted by molar-refractivity contribution is 5.64. The predicted octanol–water partition coefficient (Wildman–Crippen LogP) is 4.32. The van der Waals surface area contributed by atoms with Crippen LogP contribution in [0.4, 0.5) is 0 Å². The third kappa shape index (κ3) is 7.91. The first-order chi connectivity index (χ1) is 9.61. The summed E-state index contributed by atoms with van der Waals surface area (Å²) in [4.78, 5) is 10.4. The van der Waals surface area contributed by atoms with Crippen molar-refractivity contribution in [3.05, 3.63) is 0 Å². The Balaban J connectivity index is 2.02. The number of aliphatic carboxylic acids is 1. The Morgan fingerprint density at radius 3 is 2.10 bits per heavy atom. The van der Waals surface area contributed by atoms with Gasteiger partial charge in [0.05, 0.1) is 0 Å².